The number of fused-ring (bicyclic) bond motifs is 3. The molecule has 0 aliphatic heterocycles. The Labute approximate surface area is 117 Å². The quantitative estimate of drug-likeness (QED) is 0.689. The van der Waals surface area contributed by atoms with Gasteiger partial charge in [0.05, 0.1) is 11.1 Å². The molecule has 0 aromatic carbocycles. The molecule has 0 atom stereocenters. The Morgan fingerprint density at radius 1 is 1.53 bits per heavy atom. The first-order valence-corrected chi connectivity index (χ1v) is 7.74. The second-order valence-corrected chi connectivity index (χ2v) is 6.50. The summed E-state index contributed by atoms with van der Waals surface area (Å²) in [7, 11) is 1.65. The van der Waals surface area contributed by atoms with E-state index in [4.69, 9.17) is 5.11 Å². The van der Waals surface area contributed by atoms with Gasteiger partial charge in [-0.05, 0) is 24.8 Å². The lowest BCUT2D eigenvalue weighted by molar-refractivity contribution is -0.133. The molecule has 100 valence electrons. The number of thioether (sulfide) groups is 1. The highest BCUT2D eigenvalue weighted by molar-refractivity contribution is 7.99. The summed E-state index contributed by atoms with van der Waals surface area (Å²) in [6.45, 7) is 0. The first kappa shape index (κ1) is 12.7. The van der Waals surface area contributed by atoms with Crippen molar-refractivity contribution >= 4 is 39.3 Å². The van der Waals surface area contributed by atoms with E-state index in [-0.39, 0.29) is 11.3 Å². The Morgan fingerprint density at radius 2 is 2.32 bits per heavy atom. The van der Waals surface area contributed by atoms with Crippen molar-refractivity contribution in [3.8, 4) is 0 Å². The normalized spacial score (nSPS) is 13.9. The molecule has 0 amide bonds. The van der Waals surface area contributed by atoms with Gasteiger partial charge in [0.25, 0.3) is 5.56 Å². The van der Waals surface area contributed by atoms with Gasteiger partial charge in [-0.3, -0.25) is 14.2 Å². The fraction of sp³-hybridized carbons (Fsp3) is 0.417. The lowest BCUT2D eigenvalue weighted by Crippen LogP contribution is -2.20. The molecular weight excluding hydrogens is 284 g/mol. The van der Waals surface area contributed by atoms with E-state index in [1.165, 1.54) is 9.44 Å². The molecule has 0 unspecified atom stereocenters. The van der Waals surface area contributed by atoms with Crippen molar-refractivity contribution in [1.82, 2.24) is 9.55 Å². The second-order valence-electron chi connectivity index (χ2n) is 4.48. The van der Waals surface area contributed by atoms with Crippen molar-refractivity contribution in [1.29, 1.82) is 0 Å². The zero-order valence-corrected chi connectivity index (χ0v) is 11.9. The maximum Gasteiger partial charge on any atom is 0.313 e. The van der Waals surface area contributed by atoms with Gasteiger partial charge < -0.3 is 5.11 Å². The van der Waals surface area contributed by atoms with Crippen LogP contribution in [0.3, 0.4) is 0 Å². The van der Waals surface area contributed by atoms with Crippen molar-refractivity contribution in [2.75, 3.05) is 5.75 Å². The number of hydrogen-bond acceptors (Lipinski definition) is 5. The smallest absolute Gasteiger partial charge is 0.313 e. The van der Waals surface area contributed by atoms with Crippen LogP contribution in [0.1, 0.15) is 16.9 Å². The molecule has 2 aromatic rings. The number of aryl methyl sites for hydroxylation is 2. The summed E-state index contributed by atoms with van der Waals surface area (Å²) in [6, 6.07) is 0. The Hall–Kier alpha value is -1.34. The van der Waals surface area contributed by atoms with Crippen molar-refractivity contribution in [3.63, 3.8) is 0 Å². The van der Waals surface area contributed by atoms with E-state index in [1.807, 2.05) is 0 Å². The van der Waals surface area contributed by atoms with Crippen molar-refractivity contribution < 1.29 is 9.90 Å². The van der Waals surface area contributed by atoms with Crippen LogP contribution in [0.15, 0.2) is 9.95 Å². The van der Waals surface area contributed by atoms with Crippen molar-refractivity contribution in [3.05, 3.63) is 20.8 Å². The number of carboxylic acid groups (broad SMARTS) is 1. The number of aliphatic carboxylic acids is 1. The van der Waals surface area contributed by atoms with E-state index in [2.05, 4.69) is 4.98 Å². The largest absolute Gasteiger partial charge is 0.481 e. The molecule has 2 heterocycles. The summed E-state index contributed by atoms with van der Waals surface area (Å²) in [5, 5.41) is 9.92. The lowest BCUT2D eigenvalue weighted by atomic mass is 10.2. The minimum Gasteiger partial charge on any atom is -0.481 e. The molecule has 0 fully saturated rings. The van der Waals surface area contributed by atoms with Gasteiger partial charge in [0.2, 0.25) is 0 Å². The van der Waals surface area contributed by atoms with Gasteiger partial charge in [0, 0.05) is 11.9 Å². The van der Waals surface area contributed by atoms with Crippen LogP contribution in [0.5, 0.6) is 0 Å². The number of rotatable bonds is 3. The van der Waals surface area contributed by atoms with Crippen LogP contribution in [-0.2, 0) is 24.7 Å². The highest BCUT2D eigenvalue weighted by Gasteiger charge is 2.22. The standard InChI is InChI=1S/C12H12N2O3S2/c1-14-11(17)9-6-3-2-4-7(6)19-10(9)13-12(14)18-5-8(15)16/h2-5H2,1H3,(H,15,16). The molecule has 0 saturated heterocycles. The Balaban J connectivity index is 2.15. The van der Waals surface area contributed by atoms with Crippen LogP contribution < -0.4 is 5.56 Å². The summed E-state index contributed by atoms with van der Waals surface area (Å²) in [5.41, 5.74) is 1.10. The monoisotopic (exact) mass is 296 g/mol. The summed E-state index contributed by atoms with van der Waals surface area (Å²) in [5.74, 6) is -0.996. The molecule has 3 rings (SSSR count). The van der Waals surface area contributed by atoms with Crippen molar-refractivity contribution in [2.45, 2.75) is 24.4 Å². The summed E-state index contributed by atoms with van der Waals surface area (Å²) >= 11 is 2.66. The Kier molecular flexibility index (Phi) is 3.10. The van der Waals surface area contributed by atoms with Gasteiger partial charge in [-0.2, -0.15) is 0 Å². The maximum absolute atomic E-state index is 12.4. The number of thiophene rings is 1. The Bertz CT molecular complexity index is 733. The summed E-state index contributed by atoms with van der Waals surface area (Å²) in [4.78, 5) is 29.5. The number of carbonyl (C=O) groups is 1. The van der Waals surface area contributed by atoms with Crippen LogP contribution in [-0.4, -0.2) is 26.4 Å². The first-order valence-electron chi connectivity index (χ1n) is 5.94. The van der Waals surface area contributed by atoms with Gasteiger partial charge in [-0.1, -0.05) is 11.8 Å². The molecule has 1 aliphatic rings. The molecule has 0 spiro atoms. The average Bonchev–Trinajstić information content (AvgIpc) is 2.91. The van der Waals surface area contributed by atoms with E-state index in [0.717, 1.165) is 46.8 Å². The number of carboxylic acids is 1. The van der Waals surface area contributed by atoms with Gasteiger partial charge in [-0.15, -0.1) is 11.3 Å². The van der Waals surface area contributed by atoms with E-state index >= 15 is 0 Å². The average molecular weight is 296 g/mol. The van der Waals surface area contributed by atoms with Crippen LogP contribution >= 0.6 is 23.1 Å². The Morgan fingerprint density at radius 3 is 3.05 bits per heavy atom. The summed E-state index contributed by atoms with van der Waals surface area (Å²) < 4.78 is 1.46. The fourth-order valence-corrected chi connectivity index (χ4v) is 4.36. The van der Waals surface area contributed by atoms with Crippen LogP contribution in [0.4, 0.5) is 0 Å². The van der Waals surface area contributed by atoms with Gasteiger partial charge in [-0.25, -0.2) is 4.98 Å². The summed E-state index contributed by atoms with van der Waals surface area (Å²) in [6.07, 6.45) is 3.08. The molecule has 2 aromatic heterocycles. The van der Waals surface area contributed by atoms with Gasteiger partial charge in [0.1, 0.15) is 4.83 Å². The van der Waals surface area contributed by atoms with E-state index < -0.39 is 5.97 Å². The zero-order chi connectivity index (χ0) is 13.6. The third kappa shape index (κ3) is 2.06. The number of hydrogen-bond donors (Lipinski definition) is 1. The van der Waals surface area contributed by atoms with Crippen LogP contribution in [0.25, 0.3) is 10.2 Å². The predicted molar refractivity (Wildman–Crippen MR) is 75.2 cm³/mol. The SMILES string of the molecule is Cn1c(SCC(=O)O)nc2sc3c(c2c1=O)CCC3. The molecule has 1 N–H and O–H groups in total. The lowest BCUT2D eigenvalue weighted by Gasteiger charge is -2.05. The second kappa shape index (κ2) is 4.64. The molecule has 0 radical (unpaired) electrons. The number of nitrogens with zero attached hydrogens (tertiary/aromatic N) is 2. The minimum absolute atomic E-state index is 0.0581. The molecule has 0 bridgehead atoms. The van der Waals surface area contributed by atoms with Gasteiger partial charge >= 0.3 is 5.97 Å². The van der Waals surface area contributed by atoms with Crippen LogP contribution in [0, 0.1) is 0 Å². The van der Waals surface area contributed by atoms with Crippen LogP contribution in [0.2, 0.25) is 0 Å². The number of aromatic nitrogens is 2. The third-order valence-corrected chi connectivity index (χ3v) is 5.43. The van der Waals surface area contributed by atoms with E-state index in [0.29, 0.717) is 5.16 Å². The van der Waals surface area contributed by atoms with Gasteiger partial charge in [0.15, 0.2) is 5.16 Å². The molecule has 19 heavy (non-hydrogen) atoms. The molecule has 7 heteroatoms. The molecule has 1 aliphatic carbocycles. The third-order valence-electron chi connectivity index (χ3n) is 3.23. The molecule has 0 saturated carbocycles. The minimum atomic E-state index is -0.909. The highest BCUT2D eigenvalue weighted by atomic mass is 32.2. The first-order chi connectivity index (χ1) is 9.08. The maximum atomic E-state index is 12.4. The van der Waals surface area contributed by atoms with Crippen molar-refractivity contribution in [2.24, 2.45) is 7.05 Å². The highest BCUT2D eigenvalue weighted by Crippen LogP contribution is 2.35. The van der Waals surface area contributed by atoms with E-state index in [1.54, 1.807) is 18.4 Å². The molecule has 5 nitrogen and oxygen atoms in total. The molecular formula is C12H12N2O3S2. The predicted octanol–water partition coefficient (Wildman–Crippen LogP) is 1.66. The zero-order valence-electron chi connectivity index (χ0n) is 10.3. The van der Waals surface area contributed by atoms with E-state index in [9.17, 15) is 9.59 Å². The topological polar surface area (TPSA) is 72.2 Å². The fourth-order valence-electron chi connectivity index (χ4n) is 2.36.